The Balaban J connectivity index is 2.84. The monoisotopic (exact) mass is 177 g/mol. The van der Waals surface area contributed by atoms with E-state index in [0.29, 0.717) is 0 Å². The maximum absolute atomic E-state index is 11.2. The molecule has 0 amide bonds. The highest BCUT2D eigenvalue weighted by Crippen LogP contribution is 2.09. The SMILES string of the molecule is CNCCc1ccccc1C(C)=O. The van der Waals surface area contributed by atoms with Gasteiger partial charge in [-0.2, -0.15) is 0 Å². The van der Waals surface area contributed by atoms with Crippen molar-refractivity contribution >= 4 is 5.78 Å². The fraction of sp³-hybridized carbons (Fsp3) is 0.364. The highest BCUT2D eigenvalue weighted by atomic mass is 16.1. The minimum atomic E-state index is 0.145. The molecule has 70 valence electrons. The van der Waals surface area contributed by atoms with Gasteiger partial charge in [-0.05, 0) is 32.5 Å². The predicted octanol–water partition coefficient (Wildman–Crippen LogP) is 1.65. The topological polar surface area (TPSA) is 29.1 Å². The molecule has 2 heteroatoms. The number of hydrogen-bond donors (Lipinski definition) is 1. The maximum Gasteiger partial charge on any atom is 0.160 e. The number of ketones is 1. The average Bonchev–Trinajstić information content (AvgIpc) is 2.15. The summed E-state index contributed by atoms with van der Waals surface area (Å²) in [6.45, 7) is 2.52. The van der Waals surface area contributed by atoms with Crippen molar-refractivity contribution < 1.29 is 4.79 Å². The van der Waals surface area contributed by atoms with Crippen LogP contribution in [0.25, 0.3) is 0 Å². The van der Waals surface area contributed by atoms with Crippen LogP contribution >= 0.6 is 0 Å². The molecule has 0 spiro atoms. The average molecular weight is 177 g/mol. The van der Waals surface area contributed by atoms with E-state index in [9.17, 15) is 4.79 Å². The molecule has 2 nitrogen and oxygen atoms in total. The summed E-state index contributed by atoms with van der Waals surface area (Å²) in [6.07, 6.45) is 0.909. The van der Waals surface area contributed by atoms with Crippen molar-refractivity contribution in [1.29, 1.82) is 0 Å². The lowest BCUT2D eigenvalue weighted by Gasteiger charge is -2.05. The van der Waals surface area contributed by atoms with Gasteiger partial charge in [0.2, 0.25) is 0 Å². The smallest absolute Gasteiger partial charge is 0.160 e. The van der Waals surface area contributed by atoms with Gasteiger partial charge < -0.3 is 5.32 Å². The standard InChI is InChI=1S/C11H15NO/c1-9(13)11-6-4-3-5-10(11)7-8-12-2/h3-6,12H,7-8H2,1-2H3. The number of Topliss-reactive ketones (excluding diaryl/α,β-unsaturated/α-hetero) is 1. The van der Waals surface area contributed by atoms with Gasteiger partial charge in [0.1, 0.15) is 0 Å². The van der Waals surface area contributed by atoms with E-state index in [4.69, 9.17) is 0 Å². The summed E-state index contributed by atoms with van der Waals surface area (Å²) >= 11 is 0. The number of hydrogen-bond acceptors (Lipinski definition) is 2. The molecular formula is C11H15NO. The summed E-state index contributed by atoms with van der Waals surface area (Å²) in [4.78, 5) is 11.2. The third-order valence-electron chi connectivity index (χ3n) is 2.04. The van der Waals surface area contributed by atoms with Gasteiger partial charge in [0, 0.05) is 5.56 Å². The molecule has 0 fully saturated rings. The molecule has 0 saturated heterocycles. The molecule has 0 bridgehead atoms. The second-order valence-corrected chi connectivity index (χ2v) is 3.07. The Labute approximate surface area is 79.0 Å². The molecule has 0 heterocycles. The van der Waals surface area contributed by atoms with Crippen LogP contribution in [-0.2, 0) is 6.42 Å². The van der Waals surface area contributed by atoms with Crippen LogP contribution in [0.15, 0.2) is 24.3 Å². The lowest BCUT2D eigenvalue weighted by molar-refractivity contribution is 0.101. The van der Waals surface area contributed by atoms with Gasteiger partial charge in [0.15, 0.2) is 5.78 Å². The second kappa shape index (κ2) is 4.77. The molecule has 0 saturated carbocycles. The van der Waals surface area contributed by atoms with E-state index in [1.54, 1.807) is 6.92 Å². The lowest BCUT2D eigenvalue weighted by Crippen LogP contribution is -2.12. The van der Waals surface area contributed by atoms with Crippen LogP contribution in [0.5, 0.6) is 0 Å². The fourth-order valence-electron chi connectivity index (χ4n) is 1.34. The molecule has 1 N–H and O–H groups in total. The first-order valence-corrected chi connectivity index (χ1v) is 4.49. The summed E-state index contributed by atoms with van der Waals surface area (Å²) in [5.74, 6) is 0.145. The number of likely N-dealkylation sites (N-methyl/N-ethyl adjacent to an activating group) is 1. The highest BCUT2D eigenvalue weighted by Gasteiger charge is 2.04. The van der Waals surface area contributed by atoms with E-state index in [0.717, 1.165) is 24.1 Å². The van der Waals surface area contributed by atoms with Gasteiger partial charge in [-0.25, -0.2) is 0 Å². The first-order valence-electron chi connectivity index (χ1n) is 4.49. The molecule has 1 aromatic rings. The van der Waals surface area contributed by atoms with E-state index in [-0.39, 0.29) is 5.78 Å². The largest absolute Gasteiger partial charge is 0.319 e. The zero-order valence-corrected chi connectivity index (χ0v) is 8.13. The molecule has 1 aromatic carbocycles. The van der Waals surface area contributed by atoms with Crippen LogP contribution in [-0.4, -0.2) is 19.4 Å². The van der Waals surface area contributed by atoms with E-state index < -0.39 is 0 Å². The van der Waals surface area contributed by atoms with Crippen molar-refractivity contribution in [1.82, 2.24) is 5.32 Å². The number of nitrogens with one attached hydrogen (secondary N) is 1. The number of benzene rings is 1. The van der Waals surface area contributed by atoms with Crippen molar-refractivity contribution in [2.24, 2.45) is 0 Å². The van der Waals surface area contributed by atoms with Gasteiger partial charge in [0.25, 0.3) is 0 Å². The van der Waals surface area contributed by atoms with Crippen LogP contribution in [0.4, 0.5) is 0 Å². The van der Waals surface area contributed by atoms with Crippen LogP contribution < -0.4 is 5.32 Å². The second-order valence-electron chi connectivity index (χ2n) is 3.07. The highest BCUT2D eigenvalue weighted by molar-refractivity contribution is 5.95. The number of carbonyl (C=O) groups is 1. The Bertz CT molecular complexity index is 294. The molecule has 0 aliphatic carbocycles. The molecule has 0 aliphatic rings. The molecule has 0 radical (unpaired) electrons. The van der Waals surface area contributed by atoms with E-state index in [2.05, 4.69) is 5.32 Å². The van der Waals surface area contributed by atoms with Crippen LogP contribution in [0.3, 0.4) is 0 Å². The van der Waals surface area contributed by atoms with E-state index in [1.807, 2.05) is 31.3 Å². The summed E-state index contributed by atoms with van der Waals surface area (Å²) < 4.78 is 0. The van der Waals surface area contributed by atoms with Gasteiger partial charge >= 0.3 is 0 Å². The molecule has 0 aliphatic heterocycles. The van der Waals surface area contributed by atoms with Crippen molar-refractivity contribution in [3.05, 3.63) is 35.4 Å². The normalized spacial score (nSPS) is 10.0. The van der Waals surface area contributed by atoms with Crippen molar-refractivity contribution in [2.45, 2.75) is 13.3 Å². The van der Waals surface area contributed by atoms with Crippen LogP contribution in [0, 0.1) is 0 Å². The van der Waals surface area contributed by atoms with Crippen molar-refractivity contribution in [3.63, 3.8) is 0 Å². The van der Waals surface area contributed by atoms with E-state index in [1.165, 1.54) is 0 Å². The minimum absolute atomic E-state index is 0.145. The molecular weight excluding hydrogens is 162 g/mol. The van der Waals surface area contributed by atoms with Gasteiger partial charge in [-0.15, -0.1) is 0 Å². The zero-order valence-electron chi connectivity index (χ0n) is 8.13. The zero-order chi connectivity index (χ0) is 9.68. The Morgan fingerprint density at radius 3 is 2.69 bits per heavy atom. The third kappa shape index (κ3) is 2.67. The number of carbonyl (C=O) groups excluding carboxylic acids is 1. The molecule has 0 aromatic heterocycles. The Morgan fingerprint density at radius 1 is 1.38 bits per heavy atom. The summed E-state index contributed by atoms with van der Waals surface area (Å²) in [5, 5.41) is 3.07. The van der Waals surface area contributed by atoms with Crippen LogP contribution in [0.2, 0.25) is 0 Å². The summed E-state index contributed by atoms with van der Waals surface area (Å²) in [7, 11) is 1.91. The first-order chi connectivity index (χ1) is 6.25. The van der Waals surface area contributed by atoms with Gasteiger partial charge in [-0.1, -0.05) is 24.3 Å². The first kappa shape index (κ1) is 9.93. The Hall–Kier alpha value is -1.15. The van der Waals surface area contributed by atoms with Gasteiger partial charge in [0.05, 0.1) is 0 Å². The number of rotatable bonds is 4. The Morgan fingerprint density at radius 2 is 2.08 bits per heavy atom. The molecule has 0 unspecified atom stereocenters. The summed E-state index contributed by atoms with van der Waals surface area (Å²) in [5.41, 5.74) is 1.97. The van der Waals surface area contributed by atoms with Crippen molar-refractivity contribution in [3.8, 4) is 0 Å². The molecule has 1 rings (SSSR count). The fourth-order valence-corrected chi connectivity index (χ4v) is 1.34. The third-order valence-corrected chi connectivity index (χ3v) is 2.04. The summed E-state index contributed by atoms with van der Waals surface area (Å²) in [6, 6.07) is 7.76. The van der Waals surface area contributed by atoms with Crippen molar-refractivity contribution in [2.75, 3.05) is 13.6 Å². The predicted molar refractivity (Wildman–Crippen MR) is 54.1 cm³/mol. The van der Waals surface area contributed by atoms with Gasteiger partial charge in [-0.3, -0.25) is 4.79 Å². The Kier molecular flexibility index (Phi) is 3.65. The quantitative estimate of drug-likeness (QED) is 0.708. The van der Waals surface area contributed by atoms with E-state index >= 15 is 0 Å². The molecule has 0 atom stereocenters. The molecule has 13 heavy (non-hydrogen) atoms. The minimum Gasteiger partial charge on any atom is -0.319 e. The lowest BCUT2D eigenvalue weighted by atomic mass is 10.0. The van der Waals surface area contributed by atoms with Crippen LogP contribution in [0.1, 0.15) is 22.8 Å². The maximum atomic E-state index is 11.2.